The van der Waals surface area contributed by atoms with Crippen molar-refractivity contribution in [2.75, 3.05) is 7.11 Å². The molecule has 2 N–H and O–H groups in total. The van der Waals surface area contributed by atoms with Crippen molar-refractivity contribution in [3.8, 4) is 0 Å². The van der Waals surface area contributed by atoms with E-state index in [2.05, 4.69) is 4.98 Å². The molecule has 1 heterocycles. The normalized spacial score (nSPS) is 12.4. The monoisotopic (exact) mass is 443 g/mol. The van der Waals surface area contributed by atoms with Crippen LogP contribution in [0.4, 0.5) is 4.39 Å². The second kappa shape index (κ2) is 9.38. The van der Waals surface area contributed by atoms with Crippen molar-refractivity contribution in [2.24, 2.45) is 5.73 Å². The van der Waals surface area contributed by atoms with E-state index in [-0.39, 0.29) is 12.4 Å². The van der Waals surface area contributed by atoms with Gasteiger partial charge in [0.25, 0.3) is 0 Å². The number of nitrogens with zero attached hydrogens (tertiary/aromatic N) is 2. The van der Waals surface area contributed by atoms with Gasteiger partial charge >= 0.3 is 5.97 Å². The zero-order chi connectivity index (χ0) is 23.4. The summed E-state index contributed by atoms with van der Waals surface area (Å²) in [6, 6.07) is 23.8. The predicted molar refractivity (Wildman–Crippen MR) is 125 cm³/mol. The van der Waals surface area contributed by atoms with Crippen molar-refractivity contribution < 1.29 is 13.9 Å². The maximum atomic E-state index is 15.8. The van der Waals surface area contributed by atoms with E-state index < -0.39 is 17.4 Å². The molecule has 0 fully saturated rings. The van der Waals surface area contributed by atoms with Gasteiger partial charge in [0.15, 0.2) is 0 Å². The Morgan fingerprint density at radius 2 is 1.67 bits per heavy atom. The molecular formula is C27H26FN3O2. The van der Waals surface area contributed by atoms with Crippen molar-refractivity contribution in [1.29, 1.82) is 0 Å². The van der Waals surface area contributed by atoms with Crippen molar-refractivity contribution in [2.45, 2.75) is 24.9 Å². The molecule has 0 saturated heterocycles. The van der Waals surface area contributed by atoms with Gasteiger partial charge in [0.2, 0.25) is 0 Å². The van der Waals surface area contributed by atoms with Crippen molar-refractivity contribution in [3.63, 3.8) is 0 Å². The van der Waals surface area contributed by atoms with E-state index in [1.165, 1.54) is 13.2 Å². The molecule has 0 bridgehead atoms. The van der Waals surface area contributed by atoms with Gasteiger partial charge < -0.3 is 15.0 Å². The molecule has 5 nitrogen and oxygen atoms in total. The number of halogens is 1. The number of aryl methyl sites for hydroxylation is 1. The van der Waals surface area contributed by atoms with E-state index in [9.17, 15) is 4.79 Å². The standard InChI is InChI=1S/C27H26FN3O2/c1-19-13-14-22(23(28)15-19)27(20-9-5-3-6-10-20,21-11-7-4-8-12-21)25-16-30-18-31(25)17-24(29)26(32)33-2/h3-16,18,24H,17,29H2,1-2H3. The van der Waals surface area contributed by atoms with Gasteiger partial charge in [-0.2, -0.15) is 0 Å². The van der Waals surface area contributed by atoms with E-state index in [0.717, 1.165) is 16.7 Å². The third kappa shape index (κ3) is 4.05. The van der Waals surface area contributed by atoms with Gasteiger partial charge in [-0.25, -0.2) is 9.37 Å². The Balaban J connectivity index is 2.07. The van der Waals surface area contributed by atoms with E-state index in [1.807, 2.05) is 79.7 Å². The van der Waals surface area contributed by atoms with Gasteiger partial charge in [0, 0.05) is 18.3 Å². The second-order valence-corrected chi connectivity index (χ2v) is 8.03. The molecule has 0 spiro atoms. The van der Waals surface area contributed by atoms with E-state index in [4.69, 9.17) is 10.5 Å². The summed E-state index contributed by atoms with van der Waals surface area (Å²) in [7, 11) is 1.30. The molecular weight excluding hydrogens is 417 g/mol. The fourth-order valence-electron chi connectivity index (χ4n) is 4.43. The SMILES string of the molecule is COC(=O)C(N)Cn1cncc1C(c1ccccc1)(c1ccccc1)c1ccc(C)cc1F. The molecule has 1 aromatic heterocycles. The third-order valence-electron chi connectivity index (χ3n) is 5.94. The summed E-state index contributed by atoms with van der Waals surface area (Å²) < 4.78 is 22.4. The van der Waals surface area contributed by atoms with Crippen LogP contribution in [0.1, 0.15) is 27.9 Å². The molecule has 3 aromatic carbocycles. The Labute approximate surface area is 192 Å². The molecule has 0 aliphatic carbocycles. The minimum absolute atomic E-state index is 0.136. The summed E-state index contributed by atoms with van der Waals surface area (Å²) >= 11 is 0. The van der Waals surface area contributed by atoms with Crippen LogP contribution >= 0.6 is 0 Å². The summed E-state index contributed by atoms with van der Waals surface area (Å²) in [5, 5.41) is 0. The lowest BCUT2D eigenvalue weighted by Gasteiger charge is -2.37. The van der Waals surface area contributed by atoms with Crippen LogP contribution in [-0.2, 0) is 21.5 Å². The van der Waals surface area contributed by atoms with Crippen LogP contribution < -0.4 is 5.73 Å². The van der Waals surface area contributed by atoms with Crippen molar-refractivity contribution >= 4 is 5.97 Å². The molecule has 0 aliphatic heterocycles. The van der Waals surface area contributed by atoms with Gasteiger partial charge in [0.05, 0.1) is 24.5 Å². The molecule has 1 atom stereocenters. The molecule has 6 heteroatoms. The third-order valence-corrected chi connectivity index (χ3v) is 5.94. The van der Waals surface area contributed by atoms with Crippen LogP contribution in [0, 0.1) is 12.7 Å². The molecule has 4 rings (SSSR count). The summed E-state index contributed by atoms with van der Waals surface area (Å²) in [5.74, 6) is -0.853. The van der Waals surface area contributed by atoms with Crippen molar-refractivity contribution in [1.82, 2.24) is 9.55 Å². The highest BCUT2D eigenvalue weighted by Gasteiger charge is 2.43. The first-order valence-electron chi connectivity index (χ1n) is 10.7. The highest BCUT2D eigenvalue weighted by Crippen LogP contribution is 2.46. The number of hydrogen-bond donors (Lipinski definition) is 1. The zero-order valence-electron chi connectivity index (χ0n) is 18.6. The molecule has 33 heavy (non-hydrogen) atoms. The van der Waals surface area contributed by atoms with E-state index in [1.54, 1.807) is 17.1 Å². The Kier molecular flexibility index (Phi) is 6.38. The first-order chi connectivity index (χ1) is 16.0. The topological polar surface area (TPSA) is 70.1 Å². The number of rotatable bonds is 7. The first-order valence-corrected chi connectivity index (χ1v) is 10.7. The summed E-state index contributed by atoms with van der Waals surface area (Å²) in [6.07, 6.45) is 3.33. The lowest BCUT2D eigenvalue weighted by molar-refractivity contribution is -0.142. The predicted octanol–water partition coefficient (Wildman–Crippen LogP) is 4.21. The van der Waals surface area contributed by atoms with Crippen LogP contribution in [-0.4, -0.2) is 28.7 Å². The van der Waals surface area contributed by atoms with Crippen LogP contribution in [0.2, 0.25) is 0 Å². The number of aromatic nitrogens is 2. The number of carbonyl (C=O) groups excluding carboxylic acids is 1. The lowest BCUT2D eigenvalue weighted by Crippen LogP contribution is -2.39. The molecule has 4 aromatic rings. The second-order valence-electron chi connectivity index (χ2n) is 8.03. The number of methoxy groups -OCH3 is 1. The summed E-state index contributed by atoms with van der Waals surface area (Å²) in [4.78, 5) is 16.4. The average molecular weight is 444 g/mol. The van der Waals surface area contributed by atoms with E-state index >= 15 is 4.39 Å². The number of carbonyl (C=O) groups is 1. The summed E-state index contributed by atoms with van der Waals surface area (Å²) in [6.45, 7) is 2.00. The highest BCUT2D eigenvalue weighted by molar-refractivity contribution is 5.75. The maximum Gasteiger partial charge on any atom is 0.324 e. The van der Waals surface area contributed by atoms with Gasteiger partial charge in [-0.3, -0.25) is 4.79 Å². The van der Waals surface area contributed by atoms with Crippen LogP contribution in [0.3, 0.4) is 0 Å². The van der Waals surface area contributed by atoms with Gasteiger partial charge in [0.1, 0.15) is 11.9 Å². The fraction of sp³-hybridized carbons (Fsp3) is 0.185. The minimum Gasteiger partial charge on any atom is -0.468 e. The maximum absolute atomic E-state index is 15.8. The Bertz CT molecular complexity index is 1200. The number of imidazole rings is 1. The summed E-state index contributed by atoms with van der Waals surface area (Å²) in [5.41, 5.74) is 8.81. The van der Waals surface area contributed by atoms with Gasteiger partial charge in [-0.15, -0.1) is 0 Å². The molecule has 0 radical (unpaired) electrons. The first kappa shape index (κ1) is 22.4. The number of hydrogen-bond acceptors (Lipinski definition) is 4. The Morgan fingerprint density at radius 1 is 1.06 bits per heavy atom. The number of ether oxygens (including phenoxy) is 1. The van der Waals surface area contributed by atoms with E-state index in [0.29, 0.717) is 11.3 Å². The van der Waals surface area contributed by atoms with Gasteiger partial charge in [-0.05, 0) is 29.7 Å². The van der Waals surface area contributed by atoms with Crippen LogP contribution in [0.15, 0.2) is 91.4 Å². The molecule has 0 saturated carbocycles. The number of benzene rings is 3. The molecule has 0 aliphatic rings. The Morgan fingerprint density at radius 3 is 2.21 bits per heavy atom. The lowest BCUT2D eigenvalue weighted by atomic mass is 9.67. The smallest absolute Gasteiger partial charge is 0.324 e. The Hall–Kier alpha value is -3.77. The minimum atomic E-state index is -1.04. The van der Waals surface area contributed by atoms with Gasteiger partial charge in [-0.1, -0.05) is 72.8 Å². The number of nitrogens with two attached hydrogens (primary N) is 1. The number of esters is 1. The van der Waals surface area contributed by atoms with Crippen LogP contribution in [0.25, 0.3) is 0 Å². The largest absolute Gasteiger partial charge is 0.468 e. The zero-order valence-corrected chi connectivity index (χ0v) is 18.6. The molecule has 168 valence electrons. The highest BCUT2D eigenvalue weighted by atomic mass is 19.1. The fourth-order valence-corrected chi connectivity index (χ4v) is 4.43. The average Bonchev–Trinajstić information content (AvgIpc) is 3.30. The van der Waals surface area contributed by atoms with Crippen LogP contribution in [0.5, 0.6) is 0 Å². The molecule has 0 amide bonds. The van der Waals surface area contributed by atoms with Crippen molar-refractivity contribution in [3.05, 3.63) is 125 Å². The molecule has 1 unspecified atom stereocenters. The quantitative estimate of drug-likeness (QED) is 0.343.